The Morgan fingerprint density at radius 1 is 1.50 bits per heavy atom. The first-order valence-electron chi connectivity index (χ1n) is 4.71. The normalized spacial score (nSPS) is 35.4. The minimum absolute atomic E-state index is 0.0901. The van der Waals surface area contributed by atoms with Crippen LogP contribution in [0.3, 0.4) is 0 Å². The second-order valence-electron chi connectivity index (χ2n) is 3.93. The third-order valence-corrected chi connectivity index (χ3v) is 2.86. The standard InChI is InChI=1S/C9H15NO2/c11-8-4-7(5-8)6-10-3-1-2-9(10)12/h7-8,11H,1-6H2. The van der Waals surface area contributed by atoms with Gasteiger partial charge in [0.2, 0.25) is 5.91 Å². The van der Waals surface area contributed by atoms with E-state index in [9.17, 15) is 4.79 Å². The Labute approximate surface area is 72.4 Å². The quantitative estimate of drug-likeness (QED) is 0.649. The van der Waals surface area contributed by atoms with Crippen LogP contribution in [0.2, 0.25) is 0 Å². The van der Waals surface area contributed by atoms with Gasteiger partial charge in [-0.05, 0) is 25.2 Å². The molecule has 1 saturated heterocycles. The van der Waals surface area contributed by atoms with E-state index in [2.05, 4.69) is 0 Å². The maximum absolute atomic E-state index is 11.2. The van der Waals surface area contributed by atoms with E-state index >= 15 is 0 Å². The maximum atomic E-state index is 11.2. The highest BCUT2D eigenvalue weighted by atomic mass is 16.3. The van der Waals surface area contributed by atoms with Crippen molar-refractivity contribution in [2.24, 2.45) is 5.92 Å². The molecule has 68 valence electrons. The molecule has 0 radical (unpaired) electrons. The molecule has 0 aromatic heterocycles. The molecule has 0 bridgehead atoms. The molecule has 12 heavy (non-hydrogen) atoms. The van der Waals surface area contributed by atoms with Gasteiger partial charge in [0, 0.05) is 19.5 Å². The zero-order valence-electron chi connectivity index (χ0n) is 7.20. The van der Waals surface area contributed by atoms with Crippen LogP contribution in [0.5, 0.6) is 0 Å². The van der Waals surface area contributed by atoms with Gasteiger partial charge in [-0.3, -0.25) is 4.79 Å². The minimum atomic E-state index is -0.0901. The smallest absolute Gasteiger partial charge is 0.222 e. The van der Waals surface area contributed by atoms with Crippen molar-refractivity contribution in [2.75, 3.05) is 13.1 Å². The van der Waals surface area contributed by atoms with Gasteiger partial charge in [-0.1, -0.05) is 0 Å². The molecule has 0 aromatic rings. The van der Waals surface area contributed by atoms with Crippen LogP contribution in [0.25, 0.3) is 0 Å². The molecular weight excluding hydrogens is 154 g/mol. The van der Waals surface area contributed by atoms with Crippen molar-refractivity contribution in [3.63, 3.8) is 0 Å². The first kappa shape index (κ1) is 8.05. The summed E-state index contributed by atoms with van der Waals surface area (Å²) >= 11 is 0. The van der Waals surface area contributed by atoms with Gasteiger partial charge < -0.3 is 10.0 Å². The Morgan fingerprint density at radius 2 is 2.25 bits per heavy atom. The molecule has 0 spiro atoms. The predicted octanol–water partition coefficient (Wildman–Crippen LogP) is 0.380. The van der Waals surface area contributed by atoms with Crippen LogP contribution in [0.15, 0.2) is 0 Å². The van der Waals surface area contributed by atoms with Crippen LogP contribution < -0.4 is 0 Å². The number of carbonyl (C=O) groups excluding carboxylic acids is 1. The highest BCUT2D eigenvalue weighted by Gasteiger charge is 2.31. The minimum Gasteiger partial charge on any atom is -0.393 e. The van der Waals surface area contributed by atoms with Crippen molar-refractivity contribution >= 4 is 5.91 Å². The highest BCUT2D eigenvalue weighted by Crippen LogP contribution is 2.28. The second-order valence-corrected chi connectivity index (χ2v) is 3.93. The summed E-state index contributed by atoms with van der Waals surface area (Å²) in [6.45, 7) is 1.82. The van der Waals surface area contributed by atoms with Gasteiger partial charge in [0.05, 0.1) is 6.10 Å². The second kappa shape index (κ2) is 3.05. The lowest BCUT2D eigenvalue weighted by molar-refractivity contribution is -0.129. The van der Waals surface area contributed by atoms with Crippen LogP contribution in [-0.4, -0.2) is 35.1 Å². The SMILES string of the molecule is O=C1CCCN1CC1CC(O)C1. The Kier molecular flexibility index (Phi) is 2.05. The van der Waals surface area contributed by atoms with E-state index in [4.69, 9.17) is 5.11 Å². The van der Waals surface area contributed by atoms with Crippen molar-refractivity contribution in [3.8, 4) is 0 Å². The monoisotopic (exact) mass is 169 g/mol. The summed E-state index contributed by atoms with van der Waals surface area (Å²) in [4.78, 5) is 13.1. The zero-order chi connectivity index (χ0) is 8.55. The van der Waals surface area contributed by atoms with E-state index in [1.807, 2.05) is 4.90 Å². The van der Waals surface area contributed by atoms with Gasteiger partial charge in [0.15, 0.2) is 0 Å². The van der Waals surface area contributed by atoms with Crippen molar-refractivity contribution in [2.45, 2.75) is 31.8 Å². The van der Waals surface area contributed by atoms with Crippen molar-refractivity contribution in [1.82, 2.24) is 4.90 Å². The van der Waals surface area contributed by atoms with Gasteiger partial charge in [0.1, 0.15) is 0 Å². The third kappa shape index (κ3) is 1.46. The van der Waals surface area contributed by atoms with E-state index in [1.54, 1.807) is 0 Å². The van der Waals surface area contributed by atoms with E-state index < -0.39 is 0 Å². The number of rotatable bonds is 2. The van der Waals surface area contributed by atoms with Gasteiger partial charge in [-0.15, -0.1) is 0 Å². The summed E-state index contributed by atoms with van der Waals surface area (Å²) in [5, 5.41) is 9.05. The average molecular weight is 169 g/mol. The summed E-state index contributed by atoms with van der Waals surface area (Å²) in [7, 11) is 0. The molecule has 1 heterocycles. The molecule has 1 aliphatic carbocycles. The van der Waals surface area contributed by atoms with Crippen molar-refractivity contribution in [1.29, 1.82) is 0 Å². The Bertz CT molecular complexity index is 187. The van der Waals surface area contributed by atoms with E-state index in [0.29, 0.717) is 11.8 Å². The number of aliphatic hydroxyl groups excluding tert-OH is 1. The average Bonchev–Trinajstić information content (AvgIpc) is 2.33. The fraction of sp³-hybridized carbons (Fsp3) is 0.889. The fourth-order valence-corrected chi connectivity index (χ4v) is 2.06. The topological polar surface area (TPSA) is 40.5 Å². The van der Waals surface area contributed by atoms with E-state index in [1.165, 1.54) is 0 Å². The van der Waals surface area contributed by atoms with Gasteiger partial charge in [0.25, 0.3) is 0 Å². The lowest BCUT2D eigenvalue weighted by Gasteiger charge is -2.34. The molecule has 0 aromatic carbocycles. The van der Waals surface area contributed by atoms with Gasteiger partial charge >= 0.3 is 0 Å². The number of nitrogens with zero attached hydrogens (tertiary/aromatic N) is 1. The molecule has 2 fully saturated rings. The maximum Gasteiger partial charge on any atom is 0.222 e. The molecule has 3 nitrogen and oxygen atoms in total. The third-order valence-electron chi connectivity index (χ3n) is 2.86. The van der Waals surface area contributed by atoms with Crippen molar-refractivity contribution < 1.29 is 9.90 Å². The van der Waals surface area contributed by atoms with Crippen LogP contribution in [0, 0.1) is 5.92 Å². The van der Waals surface area contributed by atoms with Crippen LogP contribution in [0.4, 0.5) is 0 Å². The van der Waals surface area contributed by atoms with E-state index in [0.717, 1.165) is 38.8 Å². The van der Waals surface area contributed by atoms with Gasteiger partial charge in [-0.2, -0.15) is 0 Å². The first-order valence-corrected chi connectivity index (χ1v) is 4.71. The lowest BCUT2D eigenvalue weighted by Crippen LogP contribution is -2.39. The summed E-state index contributed by atoms with van der Waals surface area (Å²) in [5.74, 6) is 0.874. The number of hydrogen-bond donors (Lipinski definition) is 1. The molecule has 2 aliphatic rings. The number of carbonyl (C=O) groups is 1. The number of hydrogen-bond acceptors (Lipinski definition) is 2. The Hall–Kier alpha value is -0.570. The summed E-state index contributed by atoms with van der Waals surface area (Å²) < 4.78 is 0. The molecule has 0 atom stereocenters. The summed E-state index contributed by atoms with van der Waals surface area (Å²) in [6, 6.07) is 0. The number of amides is 1. The zero-order valence-corrected chi connectivity index (χ0v) is 7.20. The van der Waals surface area contributed by atoms with Crippen molar-refractivity contribution in [3.05, 3.63) is 0 Å². The molecule has 0 unspecified atom stereocenters. The molecular formula is C9H15NO2. The molecule has 1 amide bonds. The molecule has 1 aliphatic heterocycles. The molecule has 1 N–H and O–H groups in total. The summed E-state index contributed by atoms with van der Waals surface area (Å²) in [6.07, 6.45) is 3.45. The van der Waals surface area contributed by atoms with E-state index in [-0.39, 0.29) is 6.10 Å². The molecule has 1 saturated carbocycles. The highest BCUT2D eigenvalue weighted by molar-refractivity contribution is 5.78. The number of likely N-dealkylation sites (tertiary alicyclic amines) is 1. The largest absolute Gasteiger partial charge is 0.393 e. The lowest BCUT2D eigenvalue weighted by atomic mass is 9.82. The predicted molar refractivity (Wildman–Crippen MR) is 44.5 cm³/mol. The number of aliphatic hydroxyl groups is 1. The van der Waals surface area contributed by atoms with Gasteiger partial charge in [-0.25, -0.2) is 0 Å². The van der Waals surface area contributed by atoms with Crippen LogP contribution >= 0.6 is 0 Å². The molecule has 2 rings (SSSR count). The van der Waals surface area contributed by atoms with Crippen LogP contribution in [0.1, 0.15) is 25.7 Å². The summed E-state index contributed by atoms with van der Waals surface area (Å²) in [5.41, 5.74) is 0. The Morgan fingerprint density at radius 3 is 2.75 bits per heavy atom. The molecule has 3 heteroatoms. The van der Waals surface area contributed by atoms with Crippen LogP contribution in [-0.2, 0) is 4.79 Å². The Balaban J connectivity index is 1.76. The fourth-order valence-electron chi connectivity index (χ4n) is 2.06. The first-order chi connectivity index (χ1) is 5.75.